The van der Waals surface area contributed by atoms with Crippen molar-refractivity contribution in [3.05, 3.63) is 29.3 Å². The lowest BCUT2D eigenvalue weighted by Gasteiger charge is -2.30. The fraction of sp³-hybridized carbons (Fsp3) is 0.500. The third kappa shape index (κ3) is 3.75. The van der Waals surface area contributed by atoms with Gasteiger partial charge in [0.25, 0.3) is 5.91 Å². The zero-order valence-electron chi connectivity index (χ0n) is 12.8. The largest absolute Gasteiger partial charge is 0.349 e. The first-order valence-corrected chi connectivity index (χ1v) is 8.70. The Kier molecular flexibility index (Phi) is 4.90. The highest BCUT2D eigenvalue weighted by molar-refractivity contribution is 7.13. The zero-order chi connectivity index (χ0) is 15.4. The topological polar surface area (TPSA) is 61.0 Å². The third-order valence-corrected chi connectivity index (χ3v) is 4.96. The van der Waals surface area contributed by atoms with Gasteiger partial charge in [0, 0.05) is 19.6 Å². The molecule has 1 saturated heterocycles. The highest BCUT2D eigenvalue weighted by Crippen LogP contribution is 2.22. The number of hydrogen-bond acceptors (Lipinski definition) is 4. The molecule has 0 spiro atoms. The molecular formula is C16H22N4OS. The summed E-state index contributed by atoms with van der Waals surface area (Å²) in [6.07, 6.45) is 2.58. The average molecular weight is 318 g/mol. The first-order chi connectivity index (χ1) is 10.7. The van der Waals surface area contributed by atoms with Crippen molar-refractivity contribution in [1.82, 2.24) is 20.4 Å². The van der Waals surface area contributed by atoms with Crippen molar-refractivity contribution in [2.45, 2.75) is 19.8 Å². The van der Waals surface area contributed by atoms with Gasteiger partial charge in [-0.25, -0.2) is 0 Å². The van der Waals surface area contributed by atoms with Gasteiger partial charge in [0.1, 0.15) is 0 Å². The predicted molar refractivity (Wildman–Crippen MR) is 89.1 cm³/mol. The molecule has 2 aromatic heterocycles. The van der Waals surface area contributed by atoms with Gasteiger partial charge in [0.15, 0.2) is 5.69 Å². The van der Waals surface area contributed by atoms with Gasteiger partial charge in [-0.3, -0.25) is 9.89 Å². The van der Waals surface area contributed by atoms with E-state index < -0.39 is 0 Å². The van der Waals surface area contributed by atoms with E-state index in [4.69, 9.17) is 0 Å². The Morgan fingerprint density at radius 2 is 2.50 bits per heavy atom. The van der Waals surface area contributed by atoms with Crippen LogP contribution in [0.4, 0.5) is 0 Å². The number of likely N-dealkylation sites (tertiary alicyclic amines) is 1. The molecular weight excluding hydrogens is 296 g/mol. The van der Waals surface area contributed by atoms with Gasteiger partial charge in [-0.2, -0.15) is 5.10 Å². The van der Waals surface area contributed by atoms with Crippen LogP contribution in [0.2, 0.25) is 0 Å². The summed E-state index contributed by atoms with van der Waals surface area (Å²) in [6.45, 7) is 6.16. The van der Waals surface area contributed by atoms with E-state index in [0.717, 1.165) is 36.1 Å². The molecule has 1 atom stereocenters. The van der Waals surface area contributed by atoms with E-state index in [-0.39, 0.29) is 5.91 Å². The number of thiophene rings is 1. The molecule has 0 aliphatic carbocycles. The van der Waals surface area contributed by atoms with Crippen LogP contribution in [0, 0.1) is 5.92 Å². The van der Waals surface area contributed by atoms with Gasteiger partial charge in [-0.15, -0.1) is 11.3 Å². The predicted octanol–water partition coefficient (Wildman–Crippen LogP) is 2.60. The van der Waals surface area contributed by atoms with Crippen molar-refractivity contribution in [1.29, 1.82) is 0 Å². The van der Waals surface area contributed by atoms with Crippen LogP contribution < -0.4 is 5.32 Å². The van der Waals surface area contributed by atoms with Gasteiger partial charge in [0.05, 0.1) is 10.6 Å². The normalized spacial score (nSPS) is 19.2. The summed E-state index contributed by atoms with van der Waals surface area (Å²) in [6, 6.07) is 5.81. The molecule has 1 unspecified atom stereocenters. The molecule has 3 heterocycles. The van der Waals surface area contributed by atoms with E-state index in [1.54, 1.807) is 11.3 Å². The summed E-state index contributed by atoms with van der Waals surface area (Å²) in [4.78, 5) is 15.6. The van der Waals surface area contributed by atoms with Crippen molar-refractivity contribution in [3.8, 4) is 10.6 Å². The Morgan fingerprint density at radius 1 is 1.59 bits per heavy atom. The van der Waals surface area contributed by atoms with Crippen LogP contribution in [-0.4, -0.2) is 47.2 Å². The van der Waals surface area contributed by atoms with E-state index in [2.05, 4.69) is 27.3 Å². The van der Waals surface area contributed by atoms with Crippen LogP contribution in [0.1, 0.15) is 30.3 Å². The number of amides is 1. The van der Waals surface area contributed by atoms with Gasteiger partial charge in [-0.1, -0.05) is 13.0 Å². The number of hydrogen-bond donors (Lipinski definition) is 2. The van der Waals surface area contributed by atoms with Crippen molar-refractivity contribution in [3.63, 3.8) is 0 Å². The maximum atomic E-state index is 12.1. The van der Waals surface area contributed by atoms with Gasteiger partial charge >= 0.3 is 0 Å². The van der Waals surface area contributed by atoms with Crippen molar-refractivity contribution in [2.24, 2.45) is 5.92 Å². The maximum Gasteiger partial charge on any atom is 0.271 e. The molecule has 0 aromatic carbocycles. The Hall–Kier alpha value is -1.66. The highest BCUT2D eigenvalue weighted by Gasteiger charge is 2.16. The molecule has 2 N–H and O–H groups in total. The minimum Gasteiger partial charge on any atom is -0.349 e. The Labute approximate surface area is 134 Å². The standard InChI is InChI=1S/C16H22N4OS/c1-12-4-2-7-20(11-12)8-6-17-16(21)14-10-13(18-19-14)15-5-3-9-22-15/h3,5,9-10,12H,2,4,6-8,11H2,1H3,(H,17,21)(H,18,19). The monoisotopic (exact) mass is 318 g/mol. The van der Waals surface area contributed by atoms with Crippen LogP contribution in [0.3, 0.4) is 0 Å². The fourth-order valence-electron chi connectivity index (χ4n) is 2.90. The fourth-order valence-corrected chi connectivity index (χ4v) is 3.60. The minimum absolute atomic E-state index is 0.107. The number of aromatic amines is 1. The number of piperidine rings is 1. The van der Waals surface area contributed by atoms with Crippen LogP contribution in [0.5, 0.6) is 0 Å². The number of carbonyl (C=O) groups excluding carboxylic acids is 1. The third-order valence-electron chi connectivity index (χ3n) is 4.05. The molecule has 22 heavy (non-hydrogen) atoms. The summed E-state index contributed by atoms with van der Waals surface area (Å²) < 4.78 is 0. The van der Waals surface area contributed by atoms with Gasteiger partial charge in [-0.05, 0) is 42.8 Å². The van der Waals surface area contributed by atoms with E-state index in [1.165, 1.54) is 12.8 Å². The molecule has 1 fully saturated rings. The maximum absolute atomic E-state index is 12.1. The van der Waals surface area contributed by atoms with Crippen molar-refractivity contribution >= 4 is 17.2 Å². The second kappa shape index (κ2) is 7.07. The van der Waals surface area contributed by atoms with Crippen LogP contribution in [-0.2, 0) is 0 Å². The second-order valence-electron chi connectivity index (χ2n) is 5.95. The highest BCUT2D eigenvalue weighted by atomic mass is 32.1. The molecule has 0 radical (unpaired) electrons. The van der Waals surface area contributed by atoms with E-state index >= 15 is 0 Å². The van der Waals surface area contributed by atoms with E-state index in [0.29, 0.717) is 12.2 Å². The van der Waals surface area contributed by atoms with E-state index in [1.807, 2.05) is 23.6 Å². The molecule has 2 aromatic rings. The number of aromatic nitrogens is 2. The van der Waals surface area contributed by atoms with E-state index in [9.17, 15) is 4.79 Å². The van der Waals surface area contributed by atoms with Crippen LogP contribution in [0.15, 0.2) is 23.6 Å². The average Bonchev–Trinajstić information content (AvgIpc) is 3.18. The van der Waals surface area contributed by atoms with Crippen LogP contribution >= 0.6 is 11.3 Å². The quantitative estimate of drug-likeness (QED) is 0.891. The number of H-pyrrole nitrogens is 1. The van der Waals surface area contributed by atoms with Gasteiger partial charge in [0.2, 0.25) is 0 Å². The molecule has 118 valence electrons. The molecule has 1 aliphatic heterocycles. The number of nitrogens with one attached hydrogen (secondary N) is 2. The molecule has 1 aliphatic rings. The minimum atomic E-state index is -0.107. The molecule has 0 saturated carbocycles. The van der Waals surface area contributed by atoms with Crippen molar-refractivity contribution < 1.29 is 4.79 Å². The zero-order valence-corrected chi connectivity index (χ0v) is 13.7. The number of nitrogens with zero attached hydrogens (tertiary/aromatic N) is 2. The molecule has 1 amide bonds. The number of rotatable bonds is 5. The lowest BCUT2D eigenvalue weighted by atomic mass is 10.0. The summed E-state index contributed by atoms with van der Waals surface area (Å²) in [7, 11) is 0. The SMILES string of the molecule is CC1CCCN(CCNC(=O)c2cc(-c3cccs3)[nH]n2)C1. The molecule has 5 nitrogen and oxygen atoms in total. The van der Waals surface area contributed by atoms with Gasteiger partial charge < -0.3 is 10.2 Å². The number of carbonyl (C=O) groups is 1. The van der Waals surface area contributed by atoms with Crippen LogP contribution in [0.25, 0.3) is 10.6 Å². The Balaban J connectivity index is 1.48. The smallest absolute Gasteiger partial charge is 0.271 e. The Morgan fingerprint density at radius 3 is 3.27 bits per heavy atom. The first-order valence-electron chi connectivity index (χ1n) is 7.82. The van der Waals surface area contributed by atoms with Crippen molar-refractivity contribution in [2.75, 3.05) is 26.2 Å². The first kappa shape index (κ1) is 15.2. The Bertz CT molecular complexity index is 607. The summed E-state index contributed by atoms with van der Waals surface area (Å²) in [5.74, 6) is 0.660. The molecule has 0 bridgehead atoms. The molecule has 3 rings (SSSR count). The summed E-state index contributed by atoms with van der Waals surface area (Å²) >= 11 is 1.63. The summed E-state index contributed by atoms with van der Waals surface area (Å²) in [5, 5.41) is 12.0. The molecule has 6 heteroatoms. The lowest BCUT2D eigenvalue weighted by molar-refractivity contribution is 0.0939. The lowest BCUT2D eigenvalue weighted by Crippen LogP contribution is -2.40. The summed E-state index contributed by atoms with van der Waals surface area (Å²) in [5.41, 5.74) is 1.35. The second-order valence-corrected chi connectivity index (χ2v) is 6.90.